The van der Waals surface area contributed by atoms with Crippen molar-refractivity contribution >= 4 is 12.0 Å². The number of piperazine rings is 1. The van der Waals surface area contributed by atoms with Crippen LogP contribution in [-0.2, 0) is 9.53 Å². The van der Waals surface area contributed by atoms with Crippen LogP contribution >= 0.6 is 0 Å². The summed E-state index contributed by atoms with van der Waals surface area (Å²) >= 11 is 0. The van der Waals surface area contributed by atoms with E-state index in [2.05, 4.69) is 5.92 Å². The number of ether oxygens (including phenoxy) is 1. The molecule has 0 unspecified atom stereocenters. The Morgan fingerprint density at radius 1 is 1.18 bits per heavy atom. The molecule has 3 aliphatic rings. The quantitative estimate of drug-likeness (QED) is 0.594. The zero-order valence-corrected chi connectivity index (χ0v) is 13.8. The maximum atomic E-state index is 12.3. The molecule has 2 amide bonds. The molecule has 0 N–H and O–H groups in total. The standard InChI is InChI=1S/C17H26N2O3/c1-5-6-7-8-15(20)18-11-14-10-9-13(18)12-19(14)16(21)22-17(2,3)4/h1,13-14H,6-12H2,2-4H3/t13-,14+/m0/s1. The highest BCUT2D eigenvalue weighted by molar-refractivity contribution is 5.77. The number of terminal acetylenes is 1. The molecule has 0 aromatic heterocycles. The van der Waals surface area contributed by atoms with Gasteiger partial charge in [-0.2, -0.15) is 0 Å². The molecular weight excluding hydrogens is 280 g/mol. The van der Waals surface area contributed by atoms with Gasteiger partial charge in [-0.3, -0.25) is 4.79 Å². The Labute approximate surface area is 133 Å². The van der Waals surface area contributed by atoms with Gasteiger partial charge < -0.3 is 14.5 Å². The van der Waals surface area contributed by atoms with Gasteiger partial charge in [0.15, 0.2) is 0 Å². The third kappa shape index (κ3) is 3.94. The molecule has 2 atom stereocenters. The minimum atomic E-state index is -0.488. The van der Waals surface area contributed by atoms with Crippen LogP contribution in [0.4, 0.5) is 4.79 Å². The maximum Gasteiger partial charge on any atom is 0.410 e. The fourth-order valence-corrected chi connectivity index (χ4v) is 3.16. The van der Waals surface area contributed by atoms with E-state index >= 15 is 0 Å². The Bertz CT molecular complexity index is 475. The number of carbonyl (C=O) groups is 2. The van der Waals surface area contributed by atoms with Gasteiger partial charge in [-0.15, -0.1) is 12.3 Å². The summed E-state index contributed by atoms with van der Waals surface area (Å²) < 4.78 is 5.47. The summed E-state index contributed by atoms with van der Waals surface area (Å²) in [5, 5.41) is 0. The first-order chi connectivity index (χ1) is 10.3. The number of unbranched alkanes of at least 4 members (excludes halogenated alkanes) is 1. The third-order valence-electron chi connectivity index (χ3n) is 4.19. The van der Waals surface area contributed by atoms with Crippen LogP contribution < -0.4 is 0 Å². The summed E-state index contributed by atoms with van der Waals surface area (Å²) in [4.78, 5) is 28.3. The molecule has 3 heterocycles. The smallest absolute Gasteiger partial charge is 0.410 e. The predicted molar refractivity (Wildman–Crippen MR) is 84.1 cm³/mol. The lowest BCUT2D eigenvalue weighted by Gasteiger charge is -2.51. The van der Waals surface area contributed by atoms with Crippen molar-refractivity contribution in [2.45, 2.75) is 70.6 Å². The highest BCUT2D eigenvalue weighted by atomic mass is 16.6. The van der Waals surface area contributed by atoms with Crippen LogP contribution in [0.1, 0.15) is 52.9 Å². The highest BCUT2D eigenvalue weighted by Gasteiger charge is 2.43. The molecule has 3 aliphatic heterocycles. The Balaban J connectivity index is 1.93. The monoisotopic (exact) mass is 306 g/mol. The summed E-state index contributed by atoms with van der Waals surface area (Å²) in [7, 11) is 0. The van der Waals surface area contributed by atoms with E-state index in [0.717, 1.165) is 19.3 Å². The van der Waals surface area contributed by atoms with E-state index in [-0.39, 0.29) is 24.1 Å². The van der Waals surface area contributed by atoms with Crippen molar-refractivity contribution in [3.63, 3.8) is 0 Å². The van der Waals surface area contributed by atoms with Crippen LogP contribution in [-0.4, -0.2) is 52.6 Å². The first-order valence-electron chi connectivity index (χ1n) is 8.04. The lowest BCUT2D eigenvalue weighted by atomic mass is 9.90. The summed E-state index contributed by atoms with van der Waals surface area (Å²) in [6.45, 7) is 6.82. The normalized spacial score (nSPS) is 24.1. The van der Waals surface area contributed by atoms with Crippen molar-refractivity contribution in [2.24, 2.45) is 0 Å². The fraction of sp³-hybridized carbons (Fsp3) is 0.765. The number of hydrogen-bond donors (Lipinski definition) is 0. The third-order valence-corrected chi connectivity index (χ3v) is 4.19. The van der Waals surface area contributed by atoms with Crippen molar-refractivity contribution < 1.29 is 14.3 Å². The number of fused-ring (bicyclic) bond motifs is 3. The van der Waals surface area contributed by atoms with Crippen molar-refractivity contribution in [2.75, 3.05) is 13.1 Å². The second-order valence-electron chi connectivity index (χ2n) is 7.12. The zero-order valence-electron chi connectivity index (χ0n) is 13.8. The molecule has 3 fully saturated rings. The fourth-order valence-electron chi connectivity index (χ4n) is 3.16. The number of amides is 2. The van der Waals surface area contributed by atoms with E-state index in [1.54, 1.807) is 4.90 Å². The molecule has 3 saturated heterocycles. The Morgan fingerprint density at radius 2 is 1.77 bits per heavy atom. The molecule has 0 saturated carbocycles. The number of hydrogen-bond acceptors (Lipinski definition) is 3. The first-order valence-corrected chi connectivity index (χ1v) is 8.04. The average molecular weight is 306 g/mol. The second-order valence-corrected chi connectivity index (χ2v) is 7.12. The van der Waals surface area contributed by atoms with Crippen molar-refractivity contribution in [3.05, 3.63) is 0 Å². The lowest BCUT2D eigenvalue weighted by Crippen LogP contribution is -2.65. The van der Waals surface area contributed by atoms with E-state index in [9.17, 15) is 9.59 Å². The SMILES string of the molecule is C#CCCCC(=O)N1C[C@H]2CC[C@H]1CN2C(=O)OC(C)(C)C. The van der Waals surface area contributed by atoms with Gasteiger partial charge in [0.25, 0.3) is 0 Å². The Kier molecular flexibility index (Phi) is 5.00. The molecule has 0 aliphatic carbocycles. The average Bonchev–Trinajstić information content (AvgIpc) is 2.46. The molecular formula is C17H26N2O3. The minimum absolute atomic E-state index is 0.0800. The second kappa shape index (κ2) is 6.60. The minimum Gasteiger partial charge on any atom is -0.444 e. The van der Waals surface area contributed by atoms with Crippen molar-refractivity contribution in [1.29, 1.82) is 0 Å². The highest BCUT2D eigenvalue weighted by Crippen LogP contribution is 2.30. The number of carbonyl (C=O) groups excluding carboxylic acids is 2. The van der Waals surface area contributed by atoms with E-state index in [1.807, 2.05) is 25.7 Å². The van der Waals surface area contributed by atoms with Crippen LogP contribution in [0, 0.1) is 12.3 Å². The summed E-state index contributed by atoms with van der Waals surface area (Å²) in [5.74, 6) is 2.72. The van der Waals surface area contributed by atoms with Crippen LogP contribution in [0.2, 0.25) is 0 Å². The molecule has 0 aromatic carbocycles. The van der Waals surface area contributed by atoms with Gasteiger partial charge in [-0.05, 0) is 40.0 Å². The van der Waals surface area contributed by atoms with E-state index in [0.29, 0.717) is 25.9 Å². The molecule has 2 bridgehead atoms. The van der Waals surface area contributed by atoms with Gasteiger partial charge in [-0.25, -0.2) is 4.79 Å². The van der Waals surface area contributed by atoms with Gasteiger partial charge in [-0.1, -0.05) is 0 Å². The van der Waals surface area contributed by atoms with Crippen molar-refractivity contribution in [3.8, 4) is 12.3 Å². The van der Waals surface area contributed by atoms with Crippen LogP contribution in [0.25, 0.3) is 0 Å². The molecule has 0 spiro atoms. The van der Waals surface area contributed by atoms with Gasteiger partial charge >= 0.3 is 6.09 Å². The summed E-state index contributed by atoms with van der Waals surface area (Å²) in [6, 6.07) is 0.201. The molecule has 3 rings (SSSR count). The topological polar surface area (TPSA) is 49.9 Å². The molecule has 5 nitrogen and oxygen atoms in total. The molecule has 0 radical (unpaired) electrons. The molecule has 5 heteroatoms. The Morgan fingerprint density at radius 3 is 2.27 bits per heavy atom. The molecule has 22 heavy (non-hydrogen) atoms. The largest absolute Gasteiger partial charge is 0.444 e. The zero-order chi connectivity index (χ0) is 16.3. The predicted octanol–water partition coefficient (Wildman–Crippen LogP) is 2.40. The van der Waals surface area contributed by atoms with Gasteiger partial charge in [0.1, 0.15) is 5.60 Å². The van der Waals surface area contributed by atoms with Gasteiger partial charge in [0, 0.05) is 32.0 Å². The number of piperidine rings is 2. The number of nitrogens with zero attached hydrogens (tertiary/aromatic N) is 2. The number of rotatable bonds is 3. The van der Waals surface area contributed by atoms with Crippen LogP contribution in [0.3, 0.4) is 0 Å². The molecule has 0 aromatic rings. The van der Waals surface area contributed by atoms with Crippen LogP contribution in [0.5, 0.6) is 0 Å². The molecule has 122 valence electrons. The van der Waals surface area contributed by atoms with Crippen LogP contribution in [0.15, 0.2) is 0 Å². The summed E-state index contributed by atoms with van der Waals surface area (Å²) in [6.07, 6.45) is 8.74. The van der Waals surface area contributed by atoms with Gasteiger partial charge in [0.2, 0.25) is 5.91 Å². The van der Waals surface area contributed by atoms with Crippen molar-refractivity contribution in [1.82, 2.24) is 9.80 Å². The van der Waals surface area contributed by atoms with E-state index < -0.39 is 5.60 Å². The Hall–Kier alpha value is -1.70. The first kappa shape index (κ1) is 16.7. The van der Waals surface area contributed by atoms with Gasteiger partial charge in [0.05, 0.1) is 6.04 Å². The van der Waals surface area contributed by atoms with E-state index in [4.69, 9.17) is 11.2 Å². The summed E-state index contributed by atoms with van der Waals surface area (Å²) in [5.41, 5.74) is -0.488. The van der Waals surface area contributed by atoms with E-state index in [1.165, 1.54) is 0 Å². The maximum absolute atomic E-state index is 12.3. The lowest BCUT2D eigenvalue weighted by molar-refractivity contribution is -0.141.